The predicted octanol–water partition coefficient (Wildman–Crippen LogP) is 3.39. The molecule has 0 aliphatic heterocycles. The summed E-state index contributed by atoms with van der Waals surface area (Å²) in [5.74, 6) is -0.249. The summed E-state index contributed by atoms with van der Waals surface area (Å²) in [5, 5.41) is 0.422. The first-order valence-corrected chi connectivity index (χ1v) is 10.0. The van der Waals surface area contributed by atoms with Crippen molar-refractivity contribution in [2.45, 2.75) is 39.8 Å². The van der Waals surface area contributed by atoms with E-state index in [1.165, 1.54) is 11.7 Å². The number of rotatable bonds is 7. The lowest BCUT2D eigenvalue weighted by atomic mass is 10.2. The minimum absolute atomic E-state index is 0.164. The third kappa shape index (κ3) is 4.54. The van der Waals surface area contributed by atoms with Crippen LogP contribution < -0.4 is 5.56 Å². The molecule has 0 atom stereocenters. The number of thiophene rings is 1. The number of hydrogen-bond acceptors (Lipinski definition) is 7. The van der Waals surface area contributed by atoms with E-state index in [1.807, 2.05) is 30.3 Å². The molecule has 152 valence electrons. The van der Waals surface area contributed by atoms with Crippen molar-refractivity contribution in [3.8, 4) is 0 Å². The van der Waals surface area contributed by atoms with E-state index >= 15 is 0 Å². The zero-order valence-electron chi connectivity index (χ0n) is 16.6. The van der Waals surface area contributed by atoms with Gasteiger partial charge < -0.3 is 9.47 Å². The molecule has 7 nitrogen and oxygen atoms in total. The molecule has 8 heteroatoms. The third-order valence-corrected chi connectivity index (χ3v) is 5.80. The average Bonchev–Trinajstić information content (AvgIpc) is 3.05. The topological polar surface area (TPSA) is 87.5 Å². The number of methoxy groups -OCH3 is 1. The highest BCUT2D eigenvalue weighted by molar-refractivity contribution is 7.20. The Hall–Kier alpha value is -3.00. The second-order valence-electron chi connectivity index (χ2n) is 6.59. The van der Waals surface area contributed by atoms with Crippen LogP contribution >= 0.6 is 11.3 Å². The minimum Gasteiger partial charge on any atom is -0.469 e. The molecule has 0 unspecified atom stereocenters. The summed E-state index contributed by atoms with van der Waals surface area (Å²) in [6.45, 7) is 3.99. The fraction of sp³-hybridized carbons (Fsp3) is 0.333. The molecule has 3 aromatic rings. The molecule has 0 radical (unpaired) electrons. The number of hydrogen-bond donors (Lipinski definition) is 0. The van der Waals surface area contributed by atoms with Crippen LogP contribution in [0.1, 0.15) is 39.5 Å². The summed E-state index contributed by atoms with van der Waals surface area (Å²) in [6, 6.07) is 9.41. The van der Waals surface area contributed by atoms with Crippen molar-refractivity contribution < 1.29 is 19.1 Å². The van der Waals surface area contributed by atoms with Gasteiger partial charge in [-0.1, -0.05) is 30.3 Å². The van der Waals surface area contributed by atoms with Crippen LogP contribution in [0.5, 0.6) is 0 Å². The van der Waals surface area contributed by atoms with Crippen LogP contribution in [0.15, 0.2) is 35.1 Å². The molecule has 1 aromatic carbocycles. The molecule has 0 amide bonds. The van der Waals surface area contributed by atoms with Crippen LogP contribution in [0.4, 0.5) is 0 Å². The van der Waals surface area contributed by atoms with Gasteiger partial charge in [0.15, 0.2) is 0 Å². The van der Waals surface area contributed by atoms with Gasteiger partial charge in [0.2, 0.25) is 0 Å². The fourth-order valence-electron chi connectivity index (χ4n) is 3.05. The number of carbonyl (C=O) groups is 2. The van der Waals surface area contributed by atoms with Crippen molar-refractivity contribution in [1.82, 2.24) is 9.55 Å². The summed E-state index contributed by atoms with van der Waals surface area (Å²) in [7, 11) is 1.33. The van der Waals surface area contributed by atoms with Crippen molar-refractivity contribution in [3.63, 3.8) is 0 Å². The molecule has 2 heterocycles. The zero-order chi connectivity index (χ0) is 21.0. The molecular formula is C21H22N2O5S. The van der Waals surface area contributed by atoms with Crippen LogP contribution in [0.2, 0.25) is 0 Å². The van der Waals surface area contributed by atoms with E-state index in [-0.39, 0.29) is 24.6 Å². The molecule has 0 aliphatic carbocycles. The first kappa shape index (κ1) is 20.7. The van der Waals surface area contributed by atoms with Crippen molar-refractivity contribution in [3.05, 3.63) is 62.5 Å². The van der Waals surface area contributed by atoms with Crippen LogP contribution in [0.3, 0.4) is 0 Å². The molecule has 0 saturated heterocycles. The minimum atomic E-state index is -0.469. The second kappa shape index (κ2) is 9.00. The van der Waals surface area contributed by atoms with Gasteiger partial charge >= 0.3 is 11.9 Å². The Bertz CT molecular complexity index is 1100. The van der Waals surface area contributed by atoms with E-state index in [2.05, 4.69) is 9.72 Å². The molecule has 0 saturated carbocycles. The van der Waals surface area contributed by atoms with Gasteiger partial charge in [0, 0.05) is 13.0 Å². The third-order valence-electron chi connectivity index (χ3n) is 4.63. The molecule has 0 bridgehead atoms. The maximum atomic E-state index is 13.0. The highest BCUT2D eigenvalue weighted by atomic mass is 32.1. The highest BCUT2D eigenvalue weighted by Gasteiger charge is 2.21. The van der Waals surface area contributed by atoms with Crippen LogP contribution in [0.25, 0.3) is 10.2 Å². The van der Waals surface area contributed by atoms with E-state index in [0.717, 1.165) is 16.9 Å². The number of ether oxygens (including phenoxy) is 2. The molecule has 0 fully saturated rings. The summed E-state index contributed by atoms with van der Waals surface area (Å²) in [6.07, 6.45) is 0.690. The smallest absolute Gasteiger partial charge is 0.349 e. The Morgan fingerprint density at radius 3 is 2.59 bits per heavy atom. The van der Waals surface area contributed by atoms with Crippen LogP contribution in [-0.4, -0.2) is 28.6 Å². The maximum absolute atomic E-state index is 13.0. The highest BCUT2D eigenvalue weighted by Crippen LogP contribution is 2.28. The molecule has 0 N–H and O–H groups in total. The average molecular weight is 414 g/mol. The van der Waals surface area contributed by atoms with Crippen LogP contribution in [0, 0.1) is 13.8 Å². The Morgan fingerprint density at radius 1 is 1.17 bits per heavy atom. The van der Waals surface area contributed by atoms with E-state index < -0.39 is 5.97 Å². The second-order valence-corrected chi connectivity index (χ2v) is 7.59. The molecule has 29 heavy (non-hydrogen) atoms. The van der Waals surface area contributed by atoms with Gasteiger partial charge in [0.1, 0.15) is 22.1 Å². The quantitative estimate of drug-likeness (QED) is 0.551. The van der Waals surface area contributed by atoms with Crippen molar-refractivity contribution >= 4 is 33.5 Å². The monoisotopic (exact) mass is 414 g/mol. The van der Waals surface area contributed by atoms with Gasteiger partial charge in [-0.2, -0.15) is 0 Å². The summed E-state index contributed by atoms with van der Waals surface area (Å²) >= 11 is 1.16. The van der Waals surface area contributed by atoms with Crippen LogP contribution in [-0.2, 0) is 27.4 Å². The van der Waals surface area contributed by atoms with Crippen molar-refractivity contribution in [1.29, 1.82) is 0 Å². The first-order valence-electron chi connectivity index (χ1n) is 9.20. The largest absolute Gasteiger partial charge is 0.469 e. The van der Waals surface area contributed by atoms with Gasteiger partial charge in [0.25, 0.3) is 5.56 Å². The summed E-state index contributed by atoms with van der Waals surface area (Å²) in [4.78, 5) is 42.3. The Morgan fingerprint density at radius 2 is 1.90 bits per heavy atom. The predicted molar refractivity (Wildman–Crippen MR) is 110 cm³/mol. The summed E-state index contributed by atoms with van der Waals surface area (Å²) < 4.78 is 11.6. The number of benzene rings is 1. The lowest BCUT2D eigenvalue weighted by Crippen LogP contribution is -2.24. The van der Waals surface area contributed by atoms with E-state index in [0.29, 0.717) is 39.4 Å². The molecule has 2 aromatic heterocycles. The molecular weight excluding hydrogens is 392 g/mol. The van der Waals surface area contributed by atoms with Gasteiger partial charge in [-0.25, -0.2) is 9.78 Å². The molecule has 0 aliphatic rings. The lowest BCUT2D eigenvalue weighted by Gasteiger charge is -2.09. The van der Waals surface area contributed by atoms with Crippen molar-refractivity contribution in [2.75, 3.05) is 7.11 Å². The molecule has 3 rings (SSSR count). The number of carbonyl (C=O) groups excluding carboxylic acids is 2. The number of esters is 2. The zero-order valence-corrected chi connectivity index (χ0v) is 17.4. The lowest BCUT2D eigenvalue weighted by molar-refractivity contribution is -0.140. The van der Waals surface area contributed by atoms with Crippen molar-refractivity contribution in [2.24, 2.45) is 0 Å². The first-order chi connectivity index (χ1) is 13.9. The number of nitrogens with zero attached hydrogens (tertiary/aromatic N) is 2. The fourth-order valence-corrected chi connectivity index (χ4v) is 4.16. The van der Waals surface area contributed by atoms with Gasteiger partial charge in [-0.15, -0.1) is 11.3 Å². The Balaban J connectivity index is 1.84. The van der Waals surface area contributed by atoms with E-state index in [9.17, 15) is 14.4 Å². The standard InChI is InChI=1S/C21H22N2O5S/c1-13-17-19(22-14(2)23(20(17)25)11-7-10-16(24)27-3)29-18(13)21(26)28-12-15-8-5-4-6-9-15/h4-6,8-9H,7,10-12H2,1-3H3. The number of aromatic nitrogens is 2. The SMILES string of the molecule is COC(=O)CCCn1c(C)nc2sc(C(=O)OCc3ccccc3)c(C)c2c1=O. The number of fused-ring (bicyclic) bond motifs is 1. The normalized spacial score (nSPS) is 10.9. The van der Waals surface area contributed by atoms with Gasteiger partial charge in [0.05, 0.1) is 12.5 Å². The maximum Gasteiger partial charge on any atom is 0.349 e. The summed E-state index contributed by atoms with van der Waals surface area (Å²) in [5.41, 5.74) is 1.25. The Kier molecular flexibility index (Phi) is 6.43. The Labute approximate surface area is 171 Å². The van der Waals surface area contributed by atoms with E-state index in [4.69, 9.17) is 4.74 Å². The molecule has 0 spiro atoms. The number of aryl methyl sites for hydroxylation is 2. The van der Waals surface area contributed by atoms with Gasteiger partial charge in [-0.05, 0) is 31.4 Å². The van der Waals surface area contributed by atoms with E-state index in [1.54, 1.807) is 13.8 Å². The van der Waals surface area contributed by atoms with Gasteiger partial charge in [-0.3, -0.25) is 14.2 Å².